The molecule has 0 radical (unpaired) electrons. The minimum absolute atomic E-state index is 0.879. The number of hydrogen-bond acceptors (Lipinski definition) is 4. The van der Waals surface area contributed by atoms with E-state index in [1.54, 1.807) is 7.11 Å². The van der Waals surface area contributed by atoms with Crippen molar-refractivity contribution in [2.75, 3.05) is 13.7 Å². The minimum atomic E-state index is 0.879. The lowest BCUT2D eigenvalue weighted by Gasteiger charge is -2.10. The SMILES string of the molecule is COc1ccccc1-c1ccc(CNCCCc2nnc3n2CCCCC3)cc1. The molecule has 4 rings (SSSR count). The molecule has 1 aliphatic rings. The van der Waals surface area contributed by atoms with Crippen molar-refractivity contribution in [2.24, 2.45) is 0 Å². The zero-order valence-corrected chi connectivity index (χ0v) is 17.2. The first-order valence-electron chi connectivity index (χ1n) is 10.7. The average Bonchev–Trinajstić information content (AvgIpc) is 3.00. The first kappa shape index (κ1) is 19.6. The summed E-state index contributed by atoms with van der Waals surface area (Å²) >= 11 is 0. The number of para-hydroxylation sites is 1. The van der Waals surface area contributed by atoms with E-state index < -0.39 is 0 Å². The van der Waals surface area contributed by atoms with Gasteiger partial charge in [-0.05, 0) is 43.0 Å². The molecule has 0 saturated carbocycles. The van der Waals surface area contributed by atoms with Gasteiger partial charge in [0.15, 0.2) is 0 Å². The Morgan fingerprint density at radius 2 is 1.86 bits per heavy atom. The summed E-state index contributed by atoms with van der Waals surface area (Å²) < 4.78 is 7.82. The van der Waals surface area contributed by atoms with Crippen molar-refractivity contribution in [1.29, 1.82) is 0 Å². The van der Waals surface area contributed by atoms with Gasteiger partial charge in [0, 0.05) is 31.5 Å². The van der Waals surface area contributed by atoms with Gasteiger partial charge in [0.2, 0.25) is 0 Å². The quantitative estimate of drug-likeness (QED) is 0.579. The van der Waals surface area contributed by atoms with E-state index in [-0.39, 0.29) is 0 Å². The predicted octanol–water partition coefficient (Wildman–Crippen LogP) is 4.40. The molecule has 1 aromatic heterocycles. The molecule has 0 saturated heterocycles. The number of nitrogens with zero attached hydrogens (tertiary/aromatic N) is 3. The summed E-state index contributed by atoms with van der Waals surface area (Å²) in [4.78, 5) is 0. The molecule has 0 amide bonds. The van der Waals surface area contributed by atoms with E-state index in [1.807, 2.05) is 18.2 Å². The molecule has 0 unspecified atom stereocenters. The number of nitrogens with one attached hydrogen (secondary N) is 1. The second-order valence-corrected chi connectivity index (χ2v) is 7.67. The molecule has 1 N–H and O–H groups in total. The predicted molar refractivity (Wildman–Crippen MR) is 116 cm³/mol. The zero-order valence-electron chi connectivity index (χ0n) is 17.2. The molecule has 152 valence electrons. The number of hydrogen-bond donors (Lipinski definition) is 1. The third-order valence-electron chi connectivity index (χ3n) is 5.64. The first-order chi connectivity index (χ1) is 14.3. The second kappa shape index (κ2) is 9.70. The Morgan fingerprint density at radius 3 is 2.72 bits per heavy atom. The Hall–Kier alpha value is -2.66. The van der Waals surface area contributed by atoms with Gasteiger partial charge in [0.05, 0.1) is 7.11 Å². The van der Waals surface area contributed by atoms with Crippen molar-refractivity contribution in [3.8, 4) is 16.9 Å². The van der Waals surface area contributed by atoms with Crippen LogP contribution in [0.4, 0.5) is 0 Å². The highest BCUT2D eigenvalue weighted by Gasteiger charge is 2.14. The van der Waals surface area contributed by atoms with Crippen LogP contribution in [0.5, 0.6) is 5.75 Å². The number of fused-ring (bicyclic) bond motifs is 1. The lowest BCUT2D eigenvalue weighted by molar-refractivity contribution is 0.416. The van der Waals surface area contributed by atoms with E-state index in [1.165, 1.54) is 36.2 Å². The molecule has 0 aliphatic carbocycles. The Balaban J connectivity index is 1.25. The van der Waals surface area contributed by atoms with Crippen LogP contribution < -0.4 is 10.1 Å². The summed E-state index contributed by atoms with van der Waals surface area (Å²) in [5.74, 6) is 3.25. The lowest BCUT2D eigenvalue weighted by Crippen LogP contribution is -2.16. The topological polar surface area (TPSA) is 52.0 Å². The molecule has 0 spiro atoms. The van der Waals surface area contributed by atoms with E-state index in [4.69, 9.17) is 4.74 Å². The molecule has 5 heteroatoms. The van der Waals surface area contributed by atoms with E-state index in [0.717, 1.165) is 56.0 Å². The standard InChI is InChI=1S/C24H30N4O/c1-29-22-9-5-4-8-21(22)20-14-12-19(13-15-20)18-25-16-7-11-24-27-26-23-10-3-2-6-17-28(23)24/h4-5,8-9,12-15,25H,2-3,6-7,10-11,16-18H2,1H3. The molecular formula is C24H30N4O. The highest BCUT2D eigenvalue weighted by Crippen LogP contribution is 2.29. The van der Waals surface area contributed by atoms with Crippen LogP contribution in [-0.4, -0.2) is 28.4 Å². The molecule has 0 bridgehead atoms. The summed E-state index contributed by atoms with van der Waals surface area (Å²) in [5, 5.41) is 12.4. The molecule has 0 atom stereocenters. The van der Waals surface area contributed by atoms with Crippen molar-refractivity contribution >= 4 is 0 Å². The first-order valence-corrected chi connectivity index (χ1v) is 10.7. The number of rotatable bonds is 8. The van der Waals surface area contributed by atoms with Crippen LogP contribution in [-0.2, 0) is 25.9 Å². The summed E-state index contributed by atoms with van der Waals surface area (Å²) in [6, 6.07) is 16.8. The largest absolute Gasteiger partial charge is 0.496 e. The Kier molecular flexibility index (Phi) is 6.57. The van der Waals surface area contributed by atoms with Crippen LogP contribution >= 0.6 is 0 Å². The van der Waals surface area contributed by atoms with Crippen LogP contribution in [0.25, 0.3) is 11.1 Å². The van der Waals surface area contributed by atoms with E-state index in [9.17, 15) is 0 Å². The summed E-state index contributed by atoms with van der Waals surface area (Å²) in [5.41, 5.74) is 3.60. The van der Waals surface area contributed by atoms with Crippen molar-refractivity contribution < 1.29 is 4.74 Å². The van der Waals surface area contributed by atoms with Crippen LogP contribution in [0.1, 0.15) is 42.9 Å². The van der Waals surface area contributed by atoms with Crippen molar-refractivity contribution in [2.45, 2.75) is 51.6 Å². The maximum Gasteiger partial charge on any atom is 0.133 e. The summed E-state index contributed by atoms with van der Waals surface area (Å²) in [7, 11) is 1.72. The molecule has 1 aliphatic heterocycles. The normalized spacial score (nSPS) is 13.7. The molecule has 2 aromatic carbocycles. The van der Waals surface area contributed by atoms with Crippen LogP contribution in [0, 0.1) is 0 Å². The van der Waals surface area contributed by atoms with Gasteiger partial charge in [-0.25, -0.2) is 0 Å². The highest BCUT2D eigenvalue weighted by atomic mass is 16.5. The van der Waals surface area contributed by atoms with Gasteiger partial charge in [-0.1, -0.05) is 48.9 Å². The fourth-order valence-corrected chi connectivity index (χ4v) is 4.02. The van der Waals surface area contributed by atoms with E-state index >= 15 is 0 Å². The smallest absolute Gasteiger partial charge is 0.133 e. The average molecular weight is 391 g/mol. The van der Waals surface area contributed by atoms with Crippen LogP contribution in [0.2, 0.25) is 0 Å². The Bertz CT molecular complexity index is 917. The van der Waals surface area contributed by atoms with Crippen molar-refractivity contribution in [1.82, 2.24) is 20.1 Å². The van der Waals surface area contributed by atoms with E-state index in [0.29, 0.717) is 0 Å². The monoisotopic (exact) mass is 390 g/mol. The molecular weight excluding hydrogens is 360 g/mol. The molecule has 5 nitrogen and oxygen atoms in total. The number of benzene rings is 2. The van der Waals surface area contributed by atoms with Crippen LogP contribution in [0.3, 0.4) is 0 Å². The molecule has 3 aromatic rings. The van der Waals surface area contributed by atoms with Gasteiger partial charge in [0.25, 0.3) is 0 Å². The maximum atomic E-state index is 5.47. The maximum absolute atomic E-state index is 5.47. The Morgan fingerprint density at radius 1 is 1.00 bits per heavy atom. The highest BCUT2D eigenvalue weighted by molar-refractivity contribution is 5.70. The lowest BCUT2D eigenvalue weighted by atomic mass is 10.0. The Labute approximate surface area is 173 Å². The van der Waals surface area contributed by atoms with Crippen LogP contribution in [0.15, 0.2) is 48.5 Å². The molecule has 0 fully saturated rings. The third kappa shape index (κ3) is 4.85. The fourth-order valence-electron chi connectivity index (χ4n) is 4.02. The van der Waals surface area contributed by atoms with Crippen molar-refractivity contribution in [3.05, 3.63) is 65.7 Å². The van der Waals surface area contributed by atoms with Gasteiger partial charge >= 0.3 is 0 Å². The van der Waals surface area contributed by atoms with Gasteiger partial charge in [-0.3, -0.25) is 0 Å². The minimum Gasteiger partial charge on any atom is -0.496 e. The fraction of sp³-hybridized carbons (Fsp3) is 0.417. The van der Waals surface area contributed by atoms with Gasteiger partial charge in [0.1, 0.15) is 17.4 Å². The molecule has 2 heterocycles. The van der Waals surface area contributed by atoms with Gasteiger partial charge < -0.3 is 14.6 Å². The molecule has 29 heavy (non-hydrogen) atoms. The zero-order chi connectivity index (χ0) is 19.9. The number of aromatic nitrogens is 3. The second-order valence-electron chi connectivity index (χ2n) is 7.67. The number of ether oxygens (including phenoxy) is 1. The summed E-state index contributed by atoms with van der Waals surface area (Å²) in [6.07, 6.45) is 6.96. The van der Waals surface area contributed by atoms with Gasteiger partial charge in [-0.2, -0.15) is 0 Å². The summed E-state index contributed by atoms with van der Waals surface area (Å²) in [6.45, 7) is 2.95. The van der Waals surface area contributed by atoms with E-state index in [2.05, 4.69) is 50.4 Å². The number of methoxy groups -OCH3 is 1. The van der Waals surface area contributed by atoms with Gasteiger partial charge in [-0.15, -0.1) is 10.2 Å². The number of aryl methyl sites for hydroxylation is 2. The third-order valence-corrected chi connectivity index (χ3v) is 5.64. The van der Waals surface area contributed by atoms with Crippen molar-refractivity contribution in [3.63, 3.8) is 0 Å².